The molecule has 0 amide bonds. The van der Waals surface area contributed by atoms with Crippen LogP contribution in [-0.4, -0.2) is 19.4 Å². The minimum atomic E-state index is -0.00523. The average molecular weight is 160 g/mol. The van der Waals surface area contributed by atoms with Gasteiger partial charge in [-0.15, -0.1) is 0 Å². The number of hydrogen-bond acceptors (Lipinski definition) is 3. The van der Waals surface area contributed by atoms with Crippen LogP contribution in [0, 0.1) is 0 Å². The Morgan fingerprint density at radius 2 is 2.50 bits per heavy atom. The molecule has 3 nitrogen and oxygen atoms in total. The Labute approximate surface area is 72.3 Å². The molecule has 12 heavy (non-hydrogen) atoms. The van der Waals surface area contributed by atoms with Gasteiger partial charge in [-0.3, -0.25) is 4.98 Å². The van der Waals surface area contributed by atoms with Crippen molar-refractivity contribution >= 4 is 13.3 Å². The average Bonchev–Trinajstić information content (AvgIpc) is 2.04. The molecule has 1 aromatic heterocycles. The zero-order valence-electron chi connectivity index (χ0n) is 6.66. The van der Waals surface area contributed by atoms with E-state index in [2.05, 4.69) is 4.98 Å². The zero-order valence-corrected chi connectivity index (χ0v) is 6.66. The molecule has 0 aromatic carbocycles. The summed E-state index contributed by atoms with van der Waals surface area (Å²) in [4.78, 5) is 4.12. The van der Waals surface area contributed by atoms with E-state index in [-0.39, 0.29) is 6.04 Å². The third-order valence-electron chi connectivity index (χ3n) is 1.94. The van der Waals surface area contributed by atoms with E-state index >= 15 is 0 Å². The summed E-state index contributed by atoms with van der Waals surface area (Å²) in [5.74, 6) is 0.730. The second kappa shape index (κ2) is 2.79. The van der Waals surface area contributed by atoms with Crippen LogP contribution in [0.4, 0.5) is 0 Å². The number of nitrogens with zero attached hydrogens (tertiary/aromatic N) is 1. The van der Waals surface area contributed by atoms with E-state index in [0.717, 1.165) is 17.9 Å². The number of pyridine rings is 1. The second-order valence-corrected chi connectivity index (χ2v) is 2.90. The van der Waals surface area contributed by atoms with E-state index in [1.54, 1.807) is 12.3 Å². The van der Waals surface area contributed by atoms with Crippen molar-refractivity contribution < 1.29 is 4.74 Å². The first-order valence-corrected chi connectivity index (χ1v) is 3.91. The minimum Gasteiger partial charge on any atom is -0.492 e. The lowest BCUT2D eigenvalue weighted by Gasteiger charge is -2.21. The van der Waals surface area contributed by atoms with E-state index in [9.17, 15) is 0 Å². The summed E-state index contributed by atoms with van der Waals surface area (Å²) in [5.41, 5.74) is 7.24. The first-order chi connectivity index (χ1) is 5.77. The van der Waals surface area contributed by atoms with Gasteiger partial charge < -0.3 is 10.5 Å². The highest BCUT2D eigenvalue weighted by Gasteiger charge is 2.18. The molecule has 60 valence electrons. The summed E-state index contributed by atoms with van der Waals surface area (Å²) in [5, 5.41) is 0. The van der Waals surface area contributed by atoms with E-state index < -0.39 is 0 Å². The highest BCUT2D eigenvalue weighted by Crippen LogP contribution is 2.26. The molecule has 1 atom stereocenters. The summed E-state index contributed by atoms with van der Waals surface area (Å²) in [6, 6.07) is 1.76. The molecule has 0 aliphatic carbocycles. The Hall–Kier alpha value is -1.03. The van der Waals surface area contributed by atoms with Crippen LogP contribution in [0.15, 0.2) is 12.3 Å². The maximum atomic E-state index is 5.81. The second-order valence-electron chi connectivity index (χ2n) is 2.90. The molecule has 2 N–H and O–H groups in total. The van der Waals surface area contributed by atoms with Crippen LogP contribution >= 0.6 is 0 Å². The van der Waals surface area contributed by atoms with Gasteiger partial charge in [-0.05, 0) is 6.07 Å². The first kappa shape index (κ1) is 7.62. The van der Waals surface area contributed by atoms with Gasteiger partial charge in [-0.25, -0.2) is 0 Å². The van der Waals surface area contributed by atoms with Gasteiger partial charge in [-0.2, -0.15) is 0 Å². The third-order valence-corrected chi connectivity index (χ3v) is 1.94. The predicted molar refractivity (Wildman–Crippen MR) is 46.7 cm³/mol. The van der Waals surface area contributed by atoms with E-state index in [0.29, 0.717) is 12.1 Å². The summed E-state index contributed by atoms with van der Waals surface area (Å²) >= 11 is 0. The topological polar surface area (TPSA) is 48.1 Å². The van der Waals surface area contributed by atoms with Gasteiger partial charge in [-0.1, -0.05) is 5.46 Å². The highest BCUT2D eigenvalue weighted by atomic mass is 16.5. The summed E-state index contributed by atoms with van der Waals surface area (Å²) < 4.78 is 5.35. The maximum absolute atomic E-state index is 5.81. The van der Waals surface area contributed by atoms with Crippen LogP contribution in [0.1, 0.15) is 18.2 Å². The molecule has 0 unspecified atom stereocenters. The minimum absolute atomic E-state index is 0.00523. The van der Waals surface area contributed by atoms with Crippen LogP contribution in [0.2, 0.25) is 0 Å². The van der Waals surface area contributed by atoms with Gasteiger partial charge in [0.15, 0.2) is 0 Å². The number of rotatable bonds is 0. The Morgan fingerprint density at radius 1 is 1.67 bits per heavy atom. The summed E-state index contributed by atoms with van der Waals surface area (Å²) in [6.07, 6.45) is 2.43. The summed E-state index contributed by atoms with van der Waals surface area (Å²) in [7, 11) is 5.54. The molecular formula is C8H9BN2O. The fraction of sp³-hybridized carbons (Fsp3) is 0.375. The van der Waals surface area contributed by atoms with Gasteiger partial charge >= 0.3 is 0 Å². The van der Waals surface area contributed by atoms with Gasteiger partial charge in [0.25, 0.3) is 0 Å². The van der Waals surface area contributed by atoms with Crippen LogP contribution in [0.25, 0.3) is 0 Å². The lowest BCUT2D eigenvalue weighted by molar-refractivity contribution is 0.265. The Bertz CT molecular complexity index is 303. The molecule has 1 aromatic rings. The van der Waals surface area contributed by atoms with Crippen molar-refractivity contribution in [1.29, 1.82) is 0 Å². The molecule has 0 saturated heterocycles. The molecule has 0 fully saturated rings. The monoisotopic (exact) mass is 160 g/mol. The number of ether oxygens (including phenoxy) is 1. The largest absolute Gasteiger partial charge is 0.492 e. The van der Waals surface area contributed by atoms with Crippen molar-refractivity contribution in [3.63, 3.8) is 0 Å². The number of aromatic nitrogens is 1. The van der Waals surface area contributed by atoms with Crippen LogP contribution < -0.4 is 15.9 Å². The van der Waals surface area contributed by atoms with Crippen LogP contribution in [0.3, 0.4) is 0 Å². The molecule has 4 heteroatoms. The Kier molecular flexibility index (Phi) is 1.77. The third kappa shape index (κ3) is 1.18. The maximum Gasteiger partial charge on any atom is 0.141 e. The Morgan fingerprint density at radius 3 is 3.33 bits per heavy atom. The Balaban J connectivity index is 2.46. The molecule has 1 aliphatic heterocycles. The van der Waals surface area contributed by atoms with E-state index in [1.807, 2.05) is 0 Å². The van der Waals surface area contributed by atoms with E-state index in [1.165, 1.54) is 0 Å². The fourth-order valence-electron chi connectivity index (χ4n) is 1.30. The van der Waals surface area contributed by atoms with Gasteiger partial charge in [0.05, 0.1) is 18.3 Å². The van der Waals surface area contributed by atoms with Crippen molar-refractivity contribution in [1.82, 2.24) is 4.98 Å². The van der Waals surface area contributed by atoms with Crippen molar-refractivity contribution in [2.75, 3.05) is 6.61 Å². The van der Waals surface area contributed by atoms with Gasteiger partial charge in [0, 0.05) is 12.6 Å². The van der Waals surface area contributed by atoms with Crippen molar-refractivity contribution in [2.45, 2.75) is 12.5 Å². The van der Waals surface area contributed by atoms with E-state index in [4.69, 9.17) is 18.3 Å². The van der Waals surface area contributed by atoms with Crippen LogP contribution in [0.5, 0.6) is 5.75 Å². The molecule has 0 bridgehead atoms. The van der Waals surface area contributed by atoms with Crippen LogP contribution in [-0.2, 0) is 0 Å². The normalized spacial score (nSPS) is 21.2. The van der Waals surface area contributed by atoms with Crippen molar-refractivity contribution in [2.24, 2.45) is 5.73 Å². The fourth-order valence-corrected chi connectivity index (χ4v) is 1.30. The number of hydrogen-bond donors (Lipinski definition) is 1. The molecular weight excluding hydrogens is 151 g/mol. The number of nitrogens with two attached hydrogens (primary N) is 1. The van der Waals surface area contributed by atoms with Crippen molar-refractivity contribution in [3.8, 4) is 5.75 Å². The molecule has 0 saturated carbocycles. The highest BCUT2D eigenvalue weighted by molar-refractivity contribution is 6.32. The summed E-state index contributed by atoms with van der Waals surface area (Å²) in [6.45, 7) is 0.652. The molecule has 2 heterocycles. The lowest BCUT2D eigenvalue weighted by atomic mass is 9.96. The van der Waals surface area contributed by atoms with Crippen molar-refractivity contribution in [3.05, 3.63) is 18.0 Å². The first-order valence-electron chi connectivity index (χ1n) is 3.91. The van der Waals surface area contributed by atoms with Gasteiger partial charge in [0.1, 0.15) is 13.6 Å². The zero-order chi connectivity index (χ0) is 8.55. The SMILES string of the molecule is [B]c1cnc2c(c1)OCC[C@@H]2N. The molecule has 1 aliphatic rings. The standard InChI is InChI=1S/C8H9BN2O/c9-5-3-7-8(11-4-5)6(10)1-2-12-7/h3-4,6H,1-2,10H2/t6-/m0/s1. The molecule has 2 radical (unpaired) electrons. The number of fused-ring (bicyclic) bond motifs is 1. The molecule has 2 rings (SSSR count). The smallest absolute Gasteiger partial charge is 0.141 e. The van der Waals surface area contributed by atoms with Gasteiger partial charge in [0.2, 0.25) is 0 Å². The predicted octanol–water partition coefficient (Wildman–Crippen LogP) is -0.342. The molecule has 0 spiro atoms. The quantitative estimate of drug-likeness (QED) is 0.528. The lowest BCUT2D eigenvalue weighted by Crippen LogP contribution is -2.23.